The van der Waals surface area contributed by atoms with E-state index in [9.17, 15) is 13.2 Å². The van der Waals surface area contributed by atoms with Crippen LogP contribution in [0.15, 0.2) is 29.2 Å². The summed E-state index contributed by atoms with van der Waals surface area (Å²) in [5.41, 5.74) is 2.31. The van der Waals surface area contributed by atoms with E-state index in [2.05, 4.69) is 4.90 Å². The molecule has 194 valence electrons. The molecule has 4 aliphatic heterocycles. The molecule has 0 unspecified atom stereocenters. The van der Waals surface area contributed by atoms with Crippen LogP contribution >= 0.6 is 0 Å². The molecule has 0 radical (unpaired) electrons. The zero-order chi connectivity index (χ0) is 24.7. The molecule has 3 fully saturated rings. The van der Waals surface area contributed by atoms with E-state index >= 15 is 0 Å². The normalized spacial score (nSPS) is 25.1. The number of aromatic nitrogens is 2. The number of rotatable bonds is 3. The molecule has 1 aromatic heterocycles. The number of sulfone groups is 1. The number of amides is 1. The molecule has 0 saturated carbocycles. The van der Waals surface area contributed by atoms with E-state index < -0.39 is 9.84 Å². The third kappa shape index (κ3) is 4.38. The second kappa shape index (κ2) is 9.89. The predicted molar refractivity (Wildman–Crippen MR) is 134 cm³/mol. The van der Waals surface area contributed by atoms with Crippen LogP contribution in [-0.2, 0) is 25.1 Å². The first-order valence-electron chi connectivity index (χ1n) is 13.2. The van der Waals surface area contributed by atoms with Gasteiger partial charge in [-0.3, -0.25) is 9.48 Å². The molecule has 6 rings (SSSR count). The molecule has 9 nitrogen and oxygen atoms in total. The lowest BCUT2D eigenvalue weighted by molar-refractivity contribution is 0.0297. The van der Waals surface area contributed by atoms with Crippen molar-refractivity contribution in [3.8, 4) is 11.3 Å². The topological polar surface area (TPSA) is 94.0 Å². The van der Waals surface area contributed by atoms with E-state index in [1.165, 1.54) is 0 Å². The van der Waals surface area contributed by atoms with Crippen LogP contribution in [0.2, 0.25) is 0 Å². The van der Waals surface area contributed by atoms with E-state index in [0.29, 0.717) is 48.4 Å². The average molecular weight is 515 g/mol. The van der Waals surface area contributed by atoms with Gasteiger partial charge < -0.3 is 19.3 Å². The van der Waals surface area contributed by atoms with E-state index in [4.69, 9.17) is 14.6 Å². The summed E-state index contributed by atoms with van der Waals surface area (Å²) in [6.07, 6.45) is 5.07. The smallest absolute Gasteiger partial charge is 0.274 e. The summed E-state index contributed by atoms with van der Waals surface area (Å²) < 4.78 is 39.5. The number of fused-ring (bicyclic) bond motifs is 3. The maximum Gasteiger partial charge on any atom is 0.274 e. The highest BCUT2D eigenvalue weighted by Gasteiger charge is 2.38. The van der Waals surface area contributed by atoms with Gasteiger partial charge in [0.1, 0.15) is 0 Å². The van der Waals surface area contributed by atoms with E-state index in [-0.39, 0.29) is 23.4 Å². The fourth-order valence-electron chi connectivity index (χ4n) is 6.21. The third-order valence-corrected chi connectivity index (χ3v) is 9.80. The molecule has 1 aromatic carbocycles. The first-order valence-corrected chi connectivity index (χ1v) is 14.8. The number of hydrogen-bond acceptors (Lipinski definition) is 7. The van der Waals surface area contributed by atoms with Gasteiger partial charge in [-0.05, 0) is 44.7 Å². The Hall–Kier alpha value is -2.27. The molecule has 3 saturated heterocycles. The van der Waals surface area contributed by atoms with Crippen molar-refractivity contribution >= 4 is 15.7 Å². The average Bonchev–Trinajstić information content (AvgIpc) is 3.10. The molecule has 0 spiro atoms. The number of hydrogen-bond donors (Lipinski definition) is 0. The second-order valence-electron chi connectivity index (χ2n) is 10.2. The summed E-state index contributed by atoms with van der Waals surface area (Å²) in [4.78, 5) is 18.3. The van der Waals surface area contributed by atoms with Crippen molar-refractivity contribution in [1.82, 2.24) is 19.6 Å². The number of nitrogens with zero attached hydrogens (tertiary/aromatic N) is 4. The van der Waals surface area contributed by atoms with Crippen LogP contribution in [0.4, 0.5) is 0 Å². The first-order chi connectivity index (χ1) is 17.5. The lowest BCUT2D eigenvalue weighted by Crippen LogP contribution is -2.41. The van der Waals surface area contributed by atoms with Gasteiger partial charge in [-0.15, -0.1) is 0 Å². The highest BCUT2D eigenvalue weighted by Crippen LogP contribution is 2.42. The molecule has 36 heavy (non-hydrogen) atoms. The van der Waals surface area contributed by atoms with Crippen molar-refractivity contribution < 1.29 is 22.7 Å². The van der Waals surface area contributed by atoms with E-state index in [1.54, 1.807) is 17.0 Å². The molecule has 2 aromatic rings. The van der Waals surface area contributed by atoms with Crippen LogP contribution in [-0.4, -0.2) is 92.6 Å². The molecule has 0 aliphatic carbocycles. The number of ether oxygens (including phenoxy) is 2. The molecule has 0 N–H and O–H groups in total. The summed E-state index contributed by atoms with van der Waals surface area (Å²) in [5, 5.41) is 4.92. The van der Waals surface area contributed by atoms with Crippen LogP contribution in [0.1, 0.15) is 54.2 Å². The lowest BCUT2D eigenvalue weighted by Gasteiger charge is -2.33. The zero-order valence-electron chi connectivity index (χ0n) is 20.6. The second-order valence-corrected chi connectivity index (χ2v) is 12.2. The minimum absolute atomic E-state index is 0.115. The Morgan fingerprint density at radius 3 is 2.44 bits per heavy atom. The van der Waals surface area contributed by atoms with Crippen LogP contribution in [0.3, 0.4) is 0 Å². The van der Waals surface area contributed by atoms with Gasteiger partial charge in [0.25, 0.3) is 5.91 Å². The van der Waals surface area contributed by atoms with Crippen LogP contribution < -0.4 is 0 Å². The minimum atomic E-state index is -3.56. The van der Waals surface area contributed by atoms with Gasteiger partial charge in [0.05, 0.1) is 35.6 Å². The van der Waals surface area contributed by atoms with Crippen molar-refractivity contribution in [2.45, 2.75) is 54.8 Å². The fourth-order valence-corrected chi connectivity index (χ4v) is 7.80. The maximum absolute atomic E-state index is 13.6. The number of benzene rings is 1. The maximum atomic E-state index is 13.6. The van der Waals surface area contributed by atoms with Gasteiger partial charge in [-0.25, -0.2) is 8.42 Å². The van der Waals surface area contributed by atoms with Crippen LogP contribution in [0.25, 0.3) is 11.3 Å². The number of likely N-dealkylation sites (tertiary alicyclic amines) is 1. The molecule has 5 heterocycles. The Kier molecular flexibility index (Phi) is 6.62. The third-order valence-electron chi connectivity index (χ3n) is 8.11. The van der Waals surface area contributed by atoms with Gasteiger partial charge in [0, 0.05) is 50.0 Å². The Labute approximate surface area is 212 Å². The molecule has 1 atom stereocenters. The van der Waals surface area contributed by atoms with Crippen molar-refractivity contribution in [3.05, 3.63) is 35.5 Å². The number of carbonyl (C=O) groups excluding carboxylic acids is 1. The Morgan fingerprint density at radius 2 is 1.64 bits per heavy atom. The van der Waals surface area contributed by atoms with Crippen molar-refractivity contribution in [3.63, 3.8) is 0 Å². The monoisotopic (exact) mass is 514 g/mol. The predicted octanol–water partition coefficient (Wildman–Crippen LogP) is 2.52. The SMILES string of the molecule is O=C(c1nn([C@H]2CCCN(C3CCOCC3)CC2)c2c1CS(=O)(=O)c1ccccc1-2)N1CCOCC1. The highest BCUT2D eigenvalue weighted by molar-refractivity contribution is 7.90. The summed E-state index contributed by atoms with van der Waals surface area (Å²) in [7, 11) is -3.56. The van der Waals surface area contributed by atoms with Gasteiger partial charge in [-0.1, -0.05) is 18.2 Å². The molecule has 10 heteroatoms. The fraction of sp³-hybridized carbons (Fsp3) is 0.615. The van der Waals surface area contributed by atoms with Gasteiger partial charge in [-0.2, -0.15) is 5.10 Å². The standard InChI is InChI=1S/C26H34N4O5S/c31-26(29-12-16-35-17-13-29)24-22-18-36(32,33)23-6-2-1-5-21(23)25(22)30(27-24)20-4-3-10-28(11-7-20)19-8-14-34-15-9-19/h1-2,5-6,19-20H,3-4,7-18H2/t20-/m0/s1. The molecule has 0 bridgehead atoms. The van der Waals surface area contributed by atoms with Crippen molar-refractivity contribution in [2.75, 3.05) is 52.6 Å². The van der Waals surface area contributed by atoms with Crippen molar-refractivity contribution in [1.29, 1.82) is 0 Å². The molecular weight excluding hydrogens is 480 g/mol. The van der Waals surface area contributed by atoms with Crippen LogP contribution in [0.5, 0.6) is 0 Å². The number of morpholine rings is 1. The summed E-state index contributed by atoms with van der Waals surface area (Å²) in [6.45, 7) is 5.64. The first kappa shape index (κ1) is 24.1. The quantitative estimate of drug-likeness (QED) is 0.621. The zero-order valence-corrected chi connectivity index (χ0v) is 21.4. The summed E-state index contributed by atoms with van der Waals surface area (Å²) in [5.74, 6) is -0.383. The lowest BCUT2D eigenvalue weighted by atomic mass is 10.0. The highest BCUT2D eigenvalue weighted by atomic mass is 32.2. The Balaban J connectivity index is 1.38. The molecule has 4 aliphatic rings. The summed E-state index contributed by atoms with van der Waals surface area (Å²) in [6, 6.07) is 7.84. The van der Waals surface area contributed by atoms with Crippen molar-refractivity contribution in [2.24, 2.45) is 0 Å². The van der Waals surface area contributed by atoms with Crippen LogP contribution in [0, 0.1) is 0 Å². The Bertz CT molecular complexity index is 1230. The largest absolute Gasteiger partial charge is 0.381 e. The minimum Gasteiger partial charge on any atom is -0.381 e. The Morgan fingerprint density at radius 1 is 0.889 bits per heavy atom. The van der Waals surface area contributed by atoms with E-state index in [1.807, 2.05) is 16.8 Å². The number of carbonyl (C=O) groups is 1. The molecular formula is C26H34N4O5S. The van der Waals surface area contributed by atoms with Gasteiger partial charge in [0.2, 0.25) is 0 Å². The summed E-state index contributed by atoms with van der Waals surface area (Å²) >= 11 is 0. The van der Waals surface area contributed by atoms with Gasteiger partial charge >= 0.3 is 0 Å². The molecule has 1 amide bonds. The van der Waals surface area contributed by atoms with Gasteiger partial charge in [0.15, 0.2) is 15.5 Å². The van der Waals surface area contributed by atoms with E-state index in [0.717, 1.165) is 64.1 Å².